The van der Waals surface area contributed by atoms with Crippen molar-refractivity contribution >= 4 is 22.4 Å². The number of nitrogens with one attached hydrogen (secondary N) is 1. The predicted octanol–water partition coefficient (Wildman–Crippen LogP) is 2.18. The molecule has 1 aliphatic rings. The van der Waals surface area contributed by atoms with Crippen LogP contribution < -0.4 is 10.2 Å². The van der Waals surface area contributed by atoms with Crippen LogP contribution in [-0.4, -0.2) is 35.5 Å². The Labute approximate surface area is 128 Å². The average molecular weight is 302 g/mol. The quantitative estimate of drug-likeness (QED) is 0.940. The first-order chi connectivity index (χ1) is 10.3. The Bertz CT molecular complexity index is 573. The fourth-order valence-electron chi connectivity index (χ4n) is 2.60. The molecule has 1 aliphatic heterocycles. The zero-order valence-corrected chi connectivity index (χ0v) is 12.6. The standard InChI is InChI=1S/C15H18N4OS/c20-14(13-5-1-2-6-16-13)18-10-12-4-3-8-19(11-12)15-17-7-9-21-15/h1-2,5-7,9,12H,3-4,8,10-11H2,(H,18,20). The van der Waals surface area contributed by atoms with Crippen molar-refractivity contribution in [1.82, 2.24) is 15.3 Å². The third-order valence-electron chi connectivity index (χ3n) is 3.66. The van der Waals surface area contributed by atoms with Crippen LogP contribution in [-0.2, 0) is 0 Å². The summed E-state index contributed by atoms with van der Waals surface area (Å²) >= 11 is 1.67. The van der Waals surface area contributed by atoms with Crippen LogP contribution in [0, 0.1) is 5.92 Å². The monoisotopic (exact) mass is 302 g/mol. The molecule has 3 heterocycles. The highest BCUT2D eigenvalue weighted by atomic mass is 32.1. The summed E-state index contributed by atoms with van der Waals surface area (Å²) in [5.74, 6) is 0.372. The molecule has 0 bridgehead atoms. The van der Waals surface area contributed by atoms with Gasteiger partial charge in [0.25, 0.3) is 5.91 Å². The van der Waals surface area contributed by atoms with Gasteiger partial charge in [-0.25, -0.2) is 4.98 Å². The van der Waals surface area contributed by atoms with Crippen molar-refractivity contribution in [2.75, 3.05) is 24.5 Å². The summed E-state index contributed by atoms with van der Waals surface area (Å²) in [6.07, 6.45) is 5.76. The first-order valence-electron chi connectivity index (χ1n) is 7.16. The number of pyridine rings is 1. The number of hydrogen-bond donors (Lipinski definition) is 1. The number of amides is 1. The molecule has 110 valence electrons. The highest BCUT2D eigenvalue weighted by Crippen LogP contribution is 2.24. The normalized spacial score (nSPS) is 18.5. The van der Waals surface area contributed by atoms with Gasteiger partial charge in [0.1, 0.15) is 5.69 Å². The van der Waals surface area contributed by atoms with Crippen LogP contribution in [0.15, 0.2) is 36.0 Å². The summed E-state index contributed by atoms with van der Waals surface area (Å²) in [5.41, 5.74) is 0.477. The Hall–Kier alpha value is -1.95. The molecule has 0 aliphatic carbocycles. The number of carbonyl (C=O) groups excluding carboxylic acids is 1. The Morgan fingerprint density at radius 1 is 1.38 bits per heavy atom. The summed E-state index contributed by atoms with van der Waals surface area (Å²) in [6.45, 7) is 2.70. The van der Waals surface area contributed by atoms with Crippen LogP contribution in [0.1, 0.15) is 23.3 Å². The second-order valence-corrected chi connectivity index (χ2v) is 6.07. The lowest BCUT2D eigenvalue weighted by molar-refractivity contribution is 0.0940. The number of carbonyl (C=O) groups is 1. The fraction of sp³-hybridized carbons (Fsp3) is 0.400. The van der Waals surface area contributed by atoms with E-state index < -0.39 is 0 Å². The molecule has 1 unspecified atom stereocenters. The number of piperidine rings is 1. The Kier molecular flexibility index (Phi) is 4.45. The maximum atomic E-state index is 12.0. The lowest BCUT2D eigenvalue weighted by atomic mass is 9.98. The number of hydrogen-bond acceptors (Lipinski definition) is 5. The Morgan fingerprint density at radius 3 is 3.10 bits per heavy atom. The molecular weight excluding hydrogens is 284 g/mol. The molecule has 0 spiro atoms. The molecule has 1 atom stereocenters. The molecule has 2 aromatic heterocycles. The number of anilines is 1. The molecule has 0 saturated carbocycles. The second-order valence-electron chi connectivity index (χ2n) is 5.19. The smallest absolute Gasteiger partial charge is 0.269 e. The molecule has 2 aromatic rings. The Morgan fingerprint density at radius 2 is 2.33 bits per heavy atom. The number of rotatable bonds is 4. The van der Waals surface area contributed by atoms with Crippen LogP contribution in [0.2, 0.25) is 0 Å². The van der Waals surface area contributed by atoms with E-state index in [1.54, 1.807) is 23.6 Å². The molecule has 1 fully saturated rings. The first-order valence-corrected chi connectivity index (χ1v) is 8.04. The van der Waals surface area contributed by atoms with Gasteiger partial charge >= 0.3 is 0 Å². The summed E-state index contributed by atoms with van der Waals surface area (Å²) in [4.78, 5) is 22.7. The summed E-state index contributed by atoms with van der Waals surface area (Å²) in [7, 11) is 0. The molecule has 0 radical (unpaired) electrons. The molecular formula is C15H18N4OS. The zero-order chi connectivity index (χ0) is 14.5. The SMILES string of the molecule is O=C(NCC1CCCN(c2nccs2)C1)c1ccccn1. The minimum absolute atomic E-state index is 0.0954. The zero-order valence-electron chi connectivity index (χ0n) is 11.7. The van der Waals surface area contributed by atoms with Crippen molar-refractivity contribution in [3.8, 4) is 0 Å². The van der Waals surface area contributed by atoms with E-state index in [9.17, 15) is 4.79 Å². The molecule has 21 heavy (non-hydrogen) atoms. The first kappa shape index (κ1) is 14.0. The van der Waals surface area contributed by atoms with Gasteiger partial charge in [0.2, 0.25) is 0 Å². The molecule has 3 rings (SSSR count). The molecule has 0 aromatic carbocycles. The lowest BCUT2D eigenvalue weighted by Crippen LogP contribution is -2.41. The van der Waals surface area contributed by atoms with Crippen LogP contribution in [0.3, 0.4) is 0 Å². The topological polar surface area (TPSA) is 58.1 Å². The molecule has 5 nitrogen and oxygen atoms in total. The van der Waals surface area contributed by atoms with Crippen LogP contribution in [0.5, 0.6) is 0 Å². The van der Waals surface area contributed by atoms with Crippen molar-refractivity contribution < 1.29 is 4.79 Å². The van der Waals surface area contributed by atoms with E-state index in [-0.39, 0.29) is 5.91 Å². The Balaban J connectivity index is 1.52. The molecule has 1 N–H and O–H groups in total. The van der Waals surface area contributed by atoms with E-state index >= 15 is 0 Å². The summed E-state index contributed by atoms with van der Waals surface area (Å²) in [5, 5.41) is 6.07. The minimum atomic E-state index is -0.0954. The van der Waals surface area contributed by atoms with Crippen molar-refractivity contribution in [2.45, 2.75) is 12.8 Å². The second kappa shape index (κ2) is 6.67. The van der Waals surface area contributed by atoms with Gasteiger partial charge in [0.05, 0.1) is 0 Å². The maximum Gasteiger partial charge on any atom is 0.269 e. The van der Waals surface area contributed by atoms with Gasteiger partial charge in [-0.3, -0.25) is 9.78 Å². The highest BCUT2D eigenvalue weighted by Gasteiger charge is 2.22. The van der Waals surface area contributed by atoms with Crippen LogP contribution in [0.4, 0.5) is 5.13 Å². The van der Waals surface area contributed by atoms with E-state index in [0.717, 1.165) is 31.1 Å². The van der Waals surface area contributed by atoms with Crippen LogP contribution >= 0.6 is 11.3 Å². The molecule has 1 saturated heterocycles. The maximum absolute atomic E-state index is 12.0. The van der Waals surface area contributed by atoms with Crippen molar-refractivity contribution in [2.24, 2.45) is 5.92 Å². The van der Waals surface area contributed by atoms with E-state index in [1.165, 1.54) is 0 Å². The largest absolute Gasteiger partial charge is 0.350 e. The van der Waals surface area contributed by atoms with E-state index in [4.69, 9.17) is 0 Å². The van der Waals surface area contributed by atoms with E-state index in [1.807, 2.05) is 23.7 Å². The molecule has 1 amide bonds. The van der Waals surface area contributed by atoms with Crippen LogP contribution in [0.25, 0.3) is 0 Å². The minimum Gasteiger partial charge on any atom is -0.350 e. The third kappa shape index (κ3) is 3.58. The number of thiazole rings is 1. The van der Waals surface area contributed by atoms with Gasteiger partial charge in [-0.15, -0.1) is 11.3 Å². The average Bonchev–Trinajstić information content (AvgIpc) is 3.08. The number of nitrogens with zero attached hydrogens (tertiary/aromatic N) is 3. The summed E-state index contributed by atoms with van der Waals surface area (Å²) < 4.78 is 0. The van der Waals surface area contributed by atoms with E-state index in [0.29, 0.717) is 18.2 Å². The van der Waals surface area contributed by atoms with Crippen molar-refractivity contribution in [3.63, 3.8) is 0 Å². The van der Waals surface area contributed by atoms with Gasteiger partial charge in [0, 0.05) is 37.4 Å². The van der Waals surface area contributed by atoms with Gasteiger partial charge in [-0.1, -0.05) is 6.07 Å². The number of aromatic nitrogens is 2. The van der Waals surface area contributed by atoms with Gasteiger partial charge in [-0.2, -0.15) is 0 Å². The predicted molar refractivity (Wildman–Crippen MR) is 83.6 cm³/mol. The van der Waals surface area contributed by atoms with Crippen molar-refractivity contribution in [1.29, 1.82) is 0 Å². The lowest BCUT2D eigenvalue weighted by Gasteiger charge is -2.32. The van der Waals surface area contributed by atoms with Gasteiger partial charge in [0.15, 0.2) is 5.13 Å². The van der Waals surface area contributed by atoms with Gasteiger partial charge in [-0.05, 0) is 30.9 Å². The van der Waals surface area contributed by atoms with E-state index in [2.05, 4.69) is 20.2 Å². The van der Waals surface area contributed by atoms with Crippen molar-refractivity contribution in [3.05, 3.63) is 41.7 Å². The third-order valence-corrected chi connectivity index (χ3v) is 4.49. The fourth-order valence-corrected chi connectivity index (χ4v) is 3.28. The highest BCUT2D eigenvalue weighted by molar-refractivity contribution is 7.13. The summed E-state index contributed by atoms with van der Waals surface area (Å²) in [6, 6.07) is 5.37. The molecule has 6 heteroatoms. The van der Waals surface area contributed by atoms with Gasteiger partial charge < -0.3 is 10.2 Å².